The highest BCUT2D eigenvalue weighted by atomic mass is 31.2. The summed E-state index contributed by atoms with van der Waals surface area (Å²) in [6, 6.07) is -0.843. The Hall–Kier alpha value is -0.760. The molecule has 0 rings (SSSR count). The Morgan fingerprint density at radius 2 is 0.736 bits per heavy atom. The van der Waals surface area contributed by atoms with Gasteiger partial charge in [0.25, 0.3) is 0 Å². The molecule has 0 aliphatic carbocycles. The van der Waals surface area contributed by atoms with Crippen molar-refractivity contribution in [1.82, 2.24) is 5.32 Å². The molecule has 9 heteroatoms. The van der Waals surface area contributed by atoms with Crippen LogP contribution in [-0.2, 0) is 18.4 Å². The largest absolute Gasteiger partial charge is 0.472 e. The molecule has 0 aromatic heterocycles. The summed E-state index contributed by atoms with van der Waals surface area (Å²) >= 11 is 0. The number of allylic oxidation sites excluding steroid dienone is 1. The van der Waals surface area contributed by atoms with Gasteiger partial charge in [-0.1, -0.05) is 321 Å². The smallest absolute Gasteiger partial charge is 0.387 e. The predicted octanol–water partition coefficient (Wildman–Crippen LogP) is 19.8. The highest BCUT2D eigenvalue weighted by Crippen LogP contribution is 2.43. The van der Waals surface area contributed by atoms with E-state index in [9.17, 15) is 19.4 Å². The third kappa shape index (κ3) is 57.0. The Balaban J connectivity index is 4.07. The molecule has 0 bridgehead atoms. The lowest BCUT2D eigenvalue weighted by atomic mass is 10.0. The Morgan fingerprint density at radius 1 is 0.458 bits per heavy atom. The summed E-state index contributed by atoms with van der Waals surface area (Å²) < 4.78 is 23.8. The zero-order chi connectivity index (χ0) is 52.7. The van der Waals surface area contributed by atoms with Crippen molar-refractivity contribution in [2.24, 2.45) is 0 Å². The van der Waals surface area contributed by atoms with Gasteiger partial charge in [-0.15, -0.1) is 0 Å². The van der Waals surface area contributed by atoms with Crippen LogP contribution in [-0.4, -0.2) is 73.4 Å². The molecule has 0 aliphatic rings. The van der Waals surface area contributed by atoms with Crippen molar-refractivity contribution in [3.63, 3.8) is 0 Å². The van der Waals surface area contributed by atoms with Crippen molar-refractivity contribution in [2.75, 3.05) is 40.9 Å². The van der Waals surface area contributed by atoms with Gasteiger partial charge in [-0.05, 0) is 19.3 Å². The van der Waals surface area contributed by atoms with Crippen LogP contribution in [0, 0.1) is 0 Å². The van der Waals surface area contributed by atoms with Crippen molar-refractivity contribution in [3.8, 4) is 0 Å². The van der Waals surface area contributed by atoms with Crippen molar-refractivity contribution >= 4 is 13.7 Å². The summed E-state index contributed by atoms with van der Waals surface area (Å²) in [7, 11) is 1.59. The molecule has 3 unspecified atom stereocenters. The first-order valence-electron chi connectivity index (χ1n) is 32.1. The maximum absolute atomic E-state index is 13.0. The number of nitrogens with one attached hydrogen (secondary N) is 1. The number of phosphoric ester groups is 1. The second kappa shape index (κ2) is 55.0. The number of nitrogens with zero attached hydrogens (tertiary/aromatic N) is 1. The van der Waals surface area contributed by atoms with Crippen molar-refractivity contribution < 1.29 is 32.9 Å². The first-order chi connectivity index (χ1) is 35.0. The van der Waals surface area contributed by atoms with Crippen LogP contribution in [0.15, 0.2) is 12.2 Å². The minimum atomic E-state index is -4.35. The van der Waals surface area contributed by atoms with Gasteiger partial charge >= 0.3 is 7.82 Å². The molecule has 0 radical (unpaired) electrons. The van der Waals surface area contributed by atoms with Gasteiger partial charge in [0.05, 0.1) is 39.9 Å². The summed E-state index contributed by atoms with van der Waals surface area (Å²) in [4.78, 5) is 23.3. The van der Waals surface area contributed by atoms with E-state index >= 15 is 0 Å². The summed E-state index contributed by atoms with van der Waals surface area (Å²) in [5.74, 6) is -0.169. The Labute approximate surface area is 450 Å². The molecule has 0 aromatic rings. The number of likely N-dealkylation sites (N-methyl/N-ethyl adjacent to an activating group) is 1. The number of rotatable bonds is 60. The predicted molar refractivity (Wildman–Crippen MR) is 314 cm³/mol. The van der Waals surface area contributed by atoms with E-state index in [2.05, 4.69) is 19.2 Å². The van der Waals surface area contributed by atoms with E-state index in [1.54, 1.807) is 6.08 Å². The van der Waals surface area contributed by atoms with E-state index in [-0.39, 0.29) is 19.1 Å². The van der Waals surface area contributed by atoms with Crippen LogP contribution in [0.4, 0.5) is 0 Å². The first-order valence-corrected chi connectivity index (χ1v) is 33.6. The fourth-order valence-electron chi connectivity index (χ4n) is 9.99. The molecule has 0 aliphatic heterocycles. The van der Waals surface area contributed by atoms with E-state index in [4.69, 9.17) is 9.05 Å². The van der Waals surface area contributed by atoms with Gasteiger partial charge in [0.2, 0.25) is 5.91 Å². The summed E-state index contributed by atoms with van der Waals surface area (Å²) in [6.07, 6.45) is 69.1. The van der Waals surface area contributed by atoms with Gasteiger partial charge in [-0.3, -0.25) is 13.8 Å². The zero-order valence-corrected chi connectivity index (χ0v) is 50.1. The molecule has 0 heterocycles. The second-order valence-electron chi connectivity index (χ2n) is 23.5. The topological polar surface area (TPSA) is 105 Å². The molecule has 72 heavy (non-hydrogen) atoms. The number of amides is 1. The quantitative estimate of drug-likeness (QED) is 0.0243. The number of carbonyl (C=O) groups is 1. The van der Waals surface area contributed by atoms with Crippen molar-refractivity contribution in [1.29, 1.82) is 0 Å². The Morgan fingerprint density at radius 3 is 1.03 bits per heavy atom. The van der Waals surface area contributed by atoms with Gasteiger partial charge in [-0.2, -0.15) is 0 Å². The molecule has 0 spiro atoms. The van der Waals surface area contributed by atoms with Crippen LogP contribution in [0.25, 0.3) is 0 Å². The molecule has 430 valence electrons. The minimum absolute atomic E-state index is 0.0653. The van der Waals surface area contributed by atoms with Gasteiger partial charge in [0, 0.05) is 6.42 Å². The highest BCUT2D eigenvalue weighted by molar-refractivity contribution is 7.47. The normalized spacial score (nSPS) is 13.8. The SMILES string of the molecule is CCCCCCCCCCCCCCCCCCCCCCCCCCCCCC/C=C/C(O)C(COP(=O)(O)OCC[N+](C)(C)C)NC(=O)CCCCCCCCCCCCCCCCCCCCCC. The van der Waals surface area contributed by atoms with Gasteiger partial charge in [-0.25, -0.2) is 4.57 Å². The maximum Gasteiger partial charge on any atom is 0.472 e. The number of quaternary nitrogens is 1. The molecule has 3 N–H and O–H groups in total. The van der Waals surface area contributed by atoms with Crippen molar-refractivity contribution in [2.45, 2.75) is 347 Å². The molecular formula is C63H128N2O6P+. The Kier molecular flexibility index (Phi) is 54.4. The van der Waals surface area contributed by atoms with Gasteiger partial charge in [0.1, 0.15) is 13.2 Å². The fraction of sp³-hybridized carbons (Fsp3) is 0.952. The molecule has 0 saturated heterocycles. The lowest BCUT2D eigenvalue weighted by molar-refractivity contribution is -0.870. The molecule has 0 saturated carbocycles. The number of aliphatic hydroxyl groups excluding tert-OH is 1. The van der Waals surface area contributed by atoms with Crippen LogP contribution < -0.4 is 5.32 Å². The summed E-state index contributed by atoms with van der Waals surface area (Å²) in [5, 5.41) is 14.0. The van der Waals surface area contributed by atoms with Crippen LogP contribution in [0.5, 0.6) is 0 Å². The average molecular weight is 1040 g/mol. The van der Waals surface area contributed by atoms with E-state index in [0.29, 0.717) is 17.4 Å². The lowest BCUT2D eigenvalue weighted by Gasteiger charge is -2.25. The first kappa shape index (κ1) is 71.2. The highest BCUT2D eigenvalue weighted by Gasteiger charge is 2.28. The number of unbranched alkanes of at least 4 members (excludes halogenated alkanes) is 47. The molecule has 0 aromatic carbocycles. The van der Waals surface area contributed by atoms with E-state index in [0.717, 1.165) is 32.1 Å². The monoisotopic (exact) mass is 1040 g/mol. The van der Waals surface area contributed by atoms with Gasteiger partial charge in [0.15, 0.2) is 0 Å². The number of hydrogen-bond acceptors (Lipinski definition) is 5. The fourth-order valence-corrected chi connectivity index (χ4v) is 10.7. The van der Waals surface area contributed by atoms with Crippen LogP contribution in [0.3, 0.4) is 0 Å². The van der Waals surface area contributed by atoms with Crippen LogP contribution >= 0.6 is 7.82 Å². The zero-order valence-electron chi connectivity index (χ0n) is 49.2. The lowest BCUT2D eigenvalue weighted by Crippen LogP contribution is -2.45. The third-order valence-electron chi connectivity index (χ3n) is 15.0. The average Bonchev–Trinajstić information content (AvgIpc) is 3.34. The van der Waals surface area contributed by atoms with Gasteiger partial charge < -0.3 is 19.8 Å². The number of phosphoric acid groups is 1. The summed E-state index contributed by atoms with van der Waals surface area (Å²) in [6.45, 7) is 4.88. The standard InChI is InChI=1S/C63H127N2O6P/c1-6-8-10-12-14-16-18-20-22-24-26-28-29-30-31-32-33-34-35-36-37-38-40-42-44-46-48-50-52-54-56-62(66)61(60-71-72(68,69)70-59-58-65(3,4)5)64-63(67)57-55-53-51-49-47-45-43-41-39-27-25-23-21-19-17-15-13-11-9-7-2/h54,56,61-62,66H,6-53,55,57-60H2,1-5H3,(H-,64,67,68,69)/p+1/b56-54+. The number of hydrogen-bond donors (Lipinski definition) is 3. The molecule has 3 atom stereocenters. The van der Waals surface area contributed by atoms with E-state index in [1.165, 1.54) is 283 Å². The van der Waals surface area contributed by atoms with E-state index in [1.807, 2.05) is 27.2 Å². The maximum atomic E-state index is 13.0. The van der Waals surface area contributed by atoms with Crippen LogP contribution in [0.1, 0.15) is 335 Å². The van der Waals surface area contributed by atoms with E-state index < -0.39 is 20.0 Å². The molecule has 0 fully saturated rings. The number of carbonyl (C=O) groups excluding carboxylic acids is 1. The Bertz CT molecular complexity index is 1180. The third-order valence-corrected chi connectivity index (χ3v) is 16.0. The molecular weight excluding hydrogens is 912 g/mol. The number of aliphatic hydroxyl groups is 1. The minimum Gasteiger partial charge on any atom is -0.387 e. The van der Waals surface area contributed by atoms with Crippen LogP contribution in [0.2, 0.25) is 0 Å². The molecule has 8 nitrogen and oxygen atoms in total. The van der Waals surface area contributed by atoms with Crippen molar-refractivity contribution in [3.05, 3.63) is 12.2 Å². The second-order valence-corrected chi connectivity index (χ2v) is 25.0. The molecule has 1 amide bonds. The summed E-state index contributed by atoms with van der Waals surface area (Å²) in [5.41, 5.74) is 0.